The first-order valence-electron chi connectivity index (χ1n) is 9.90. The molecule has 0 aromatic heterocycles. The van der Waals surface area contributed by atoms with Crippen molar-refractivity contribution in [3.63, 3.8) is 0 Å². The minimum atomic E-state index is -0.0640. The Morgan fingerprint density at radius 1 is 0.655 bits per heavy atom. The lowest BCUT2D eigenvalue weighted by molar-refractivity contribution is 0.660. The molecule has 4 aromatic carbocycles. The molecule has 0 amide bonds. The van der Waals surface area contributed by atoms with Crippen LogP contribution in [-0.2, 0) is 5.41 Å². The largest absolute Gasteiger partial charge is 0.356 e. The molecule has 29 heavy (non-hydrogen) atoms. The van der Waals surface area contributed by atoms with Crippen LogP contribution in [0.15, 0.2) is 91.0 Å². The van der Waals surface area contributed by atoms with Crippen molar-refractivity contribution in [1.29, 1.82) is 0 Å². The minimum Gasteiger partial charge on any atom is -0.356 e. The zero-order chi connectivity index (χ0) is 20.0. The molecule has 1 N–H and O–H groups in total. The van der Waals surface area contributed by atoms with E-state index in [4.69, 9.17) is 11.6 Å². The number of fused-ring (bicyclic) bond motifs is 3. The van der Waals surface area contributed by atoms with Crippen LogP contribution in [0.3, 0.4) is 0 Å². The Morgan fingerprint density at radius 2 is 1.38 bits per heavy atom. The van der Waals surface area contributed by atoms with Gasteiger partial charge in [-0.3, -0.25) is 0 Å². The van der Waals surface area contributed by atoms with Crippen LogP contribution in [0.2, 0.25) is 5.02 Å². The van der Waals surface area contributed by atoms with E-state index in [1.165, 1.54) is 22.3 Å². The Morgan fingerprint density at radius 3 is 2.21 bits per heavy atom. The maximum absolute atomic E-state index is 6.83. The maximum atomic E-state index is 6.83. The standard InChI is InChI=1S/C27H22ClN/c1-27(2)23-14-7-6-13-22(23)26-24(27)16-19(17-25(26)28)18-9-8-12-21(15-18)29-20-10-4-3-5-11-20/h3-17,29H,1-2H3. The number of para-hydroxylation sites is 1. The van der Waals surface area contributed by atoms with Gasteiger partial charge in [0.25, 0.3) is 0 Å². The highest BCUT2D eigenvalue weighted by atomic mass is 35.5. The molecule has 2 heteroatoms. The second kappa shape index (κ2) is 6.79. The highest BCUT2D eigenvalue weighted by Crippen LogP contribution is 2.52. The lowest BCUT2D eigenvalue weighted by Crippen LogP contribution is -2.15. The average molecular weight is 396 g/mol. The van der Waals surface area contributed by atoms with Gasteiger partial charge in [0.2, 0.25) is 0 Å². The van der Waals surface area contributed by atoms with Gasteiger partial charge >= 0.3 is 0 Å². The van der Waals surface area contributed by atoms with Gasteiger partial charge < -0.3 is 5.32 Å². The lowest BCUT2D eigenvalue weighted by atomic mass is 9.81. The summed E-state index contributed by atoms with van der Waals surface area (Å²) in [7, 11) is 0. The molecule has 0 saturated heterocycles. The highest BCUT2D eigenvalue weighted by molar-refractivity contribution is 6.34. The van der Waals surface area contributed by atoms with Gasteiger partial charge in [-0.25, -0.2) is 0 Å². The zero-order valence-electron chi connectivity index (χ0n) is 16.5. The molecule has 0 fully saturated rings. The highest BCUT2D eigenvalue weighted by Gasteiger charge is 2.36. The fourth-order valence-corrected chi connectivity index (χ4v) is 4.72. The predicted octanol–water partition coefficient (Wildman–Crippen LogP) is 8.06. The molecule has 0 aliphatic heterocycles. The van der Waals surface area contributed by atoms with Crippen molar-refractivity contribution >= 4 is 23.0 Å². The van der Waals surface area contributed by atoms with Crippen molar-refractivity contribution in [2.24, 2.45) is 0 Å². The summed E-state index contributed by atoms with van der Waals surface area (Å²) in [5, 5.41) is 4.30. The van der Waals surface area contributed by atoms with Crippen molar-refractivity contribution in [2.45, 2.75) is 19.3 Å². The van der Waals surface area contributed by atoms with Crippen LogP contribution in [0.25, 0.3) is 22.3 Å². The summed E-state index contributed by atoms with van der Waals surface area (Å²) in [6.45, 7) is 4.57. The van der Waals surface area contributed by atoms with Crippen molar-refractivity contribution in [2.75, 3.05) is 5.32 Å². The van der Waals surface area contributed by atoms with Gasteiger partial charge in [-0.05, 0) is 64.2 Å². The number of hydrogen-bond donors (Lipinski definition) is 1. The predicted molar refractivity (Wildman–Crippen MR) is 124 cm³/mol. The van der Waals surface area contributed by atoms with Gasteiger partial charge in [-0.2, -0.15) is 0 Å². The van der Waals surface area contributed by atoms with E-state index in [2.05, 4.69) is 92.0 Å². The minimum absolute atomic E-state index is 0.0640. The van der Waals surface area contributed by atoms with Crippen LogP contribution in [0.1, 0.15) is 25.0 Å². The third kappa shape index (κ3) is 3.03. The van der Waals surface area contributed by atoms with Crippen LogP contribution in [-0.4, -0.2) is 0 Å². The average Bonchev–Trinajstić information content (AvgIpc) is 2.97. The molecule has 4 aromatic rings. The van der Waals surface area contributed by atoms with Crippen molar-refractivity contribution in [1.82, 2.24) is 0 Å². The monoisotopic (exact) mass is 395 g/mol. The molecule has 0 atom stereocenters. The molecule has 0 spiro atoms. The first-order valence-corrected chi connectivity index (χ1v) is 10.3. The molecular weight excluding hydrogens is 374 g/mol. The van der Waals surface area contributed by atoms with Gasteiger partial charge in [0, 0.05) is 27.4 Å². The SMILES string of the molecule is CC1(C)c2ccccc2-c2c(Cl)cc(-c3cccc(Nc4ccccc4)c3)cc21. The summed E-state index contributed by atoms with van der Waals surface area (Å²) >= 11 is 6.83. The van der Waals surface area contributed by atoms with Crippen LogP contribution in [0.5, 0.6) is 0 Å². The summed E-state index contributed by atoms with van der Waals surface area (Å²) in [6, 6.07) is 31.7. The number of benzene rings is 4. The Labute approximate surface area is 177 Å². The molecule has 142 valence electrons. The normalized spacial score (nSPS) is 13.6. The molecule has 0 bridgehead atoms. The van der Waals surface area contributed by atoms with E-state index in [0.717, 1.165) is 27.5 Å². The van der Waals surface area contributed by atoms with Crippen molar-refractivity contribution in [3.05, 3.63) is 107 Å². The quantitative estimate of drug-likeness (QED) is 0.370. The van der Waals surface area contributed by atoms with Crippen LogP contribution in [0, 0.1) is 0 Å². The fraction of sp³-hybridized carbons (Fsp3) is 0.111. The summed E-state index contributed by atoms with van der Waals surface area (Å²) in [6.07, 6.45) is 0. The molecule has 1 aliphatic carbocycles. The zero-order valence-corrected chi connectivity index (χ0v) is 17.3. The second-order valence-corrected chi connectivity index (χ2v) is 8.53. The van der Waals surface area contributed by atoms with E-state index in [9.17, 15) is 0 Å². The maximum Gasteiger partial charge on any atom is 0.0493 e. The number of hydrogen-bond acceptors (Lipinski definition) is 1. The molecule has 0 unspecified atom stereocenters. The van der Waals surface area contributed by atoms with Crippen molar-refractivity contribution in [3.8, 4) is 22.3 Å². The lowest BCUT2D eigenvalue weighted by Gasteiger charge is -2.22. The Hall–Kier alpha value is -3.03. The molecule has 5 rings (SSSR count). The van der Waals surface area contributed by atoms with Gasteiger partial charge in [0.05, 0.1) is 0 Å². The van der Waals surface area contributed by atoms with E-state index < -0.39 is 0 Å². The van der Waals surface area contributed by atoms with Gasteiger partial charge in [-0.1, -0.05) is 80.0 Å². The van der Waals surface area contributed by atoms with Gasteiger partial charge in [-0.15, -0.1) is 0 Å². The Balaban J connectivity index is 1.59. The van der Waals surface area contributed by atoms with E-state index >= 15 is 0 Å². The first kappa shape index (κ1) is 18.0. The molecule has 0 radical (unpaired) electrons. The molecule has 0 saturated carbocycles. The van der Waals surface area contributed by atoms with Crippen LogP contribution < -0.4 is 5.32 Å². The molecule has 1 nitrogen and oxygen atoms in total. The van der Waals surface area contributed by atoms with E-state index in [1.54, 1.807) is 0 Å². The Bertz CT molecular complexity index is 1210. The van der Waals surface area contributed by atoms with Crippen molar-refractivity contribution < 1.29 is 0 Å². The second-order valence-electron chi connectivity index (χ2n) is 8.12. The smallest absolute Gasteiger partial charge is 0.0493 e. The molecule has 0 heterocycles. The summed E-state index contributed by atoms with van der Waals surface area (Å²) < 4.78 is 0. The number of halogens is 1. The van der Waals surface area contributed by atoms with Crippen LogP contribution in [0.4, 0.5) is 11.4 Å². The Kier molecular flexibility index (Phi) is 4.22. The number of rotatable bonds is 3. The molecular formula is C27H22ClN. The third-order valence-electron chi connectivity index (χ3n) is 5.89. The fourth-order valence-electron chi connectivity index (χ4n) is 4.40. The summed E-state index contributed by atoms with van der Waals surface area (Å²) in [5.74, 6) is 0. The van der Waals surface area contributed by atoms with Crippen LogP contribution >= 0.6 is 11.6 Å². The summed E-state index contributed by atoms with van der Waals surface area (Å²) in [4.78, 5) is 0. The number of nitrogens with one attached hydrogen (secondary N) is 1. The third-order valence-corrected chi connectivity index (χ3v) is 6.19. The van der Waals surface area contributed by atoms with E-state index in [0.29, 0.717) is 0 Å². The number of anilines is 2. The first-order chi connectivity index (χ1) is 14.0. The topological polar surface area (TPSA) is 12.0 Å². The molecule has 1 aliphatic rings. The van der Waals surface area contributed by atoms with E-state index in [-0.39, 0.29) is 5.41 Å². The summed E-state index contributed by atoms with van der Waals surface area (Å²) in [5.41, 5.74) is 9.44. The van der Waals surface area contributed by atoms with Gasteiger partial charge in [0.1, 0.15) is 0 Å². The van der Waals surface area contributed by atoms with Gasteiger partial charge in [0.15, 0.2) is 0 Å². The van der Waals surface area contributed by atoms with E-state index in [1.807, 2.05) is 18.2 Å².